The van der Waals surface area contributed by atoms with Crippen LogP contribution in [0.4, 0.5) is 13.2 Å². The summed E-state index contributed by atoms with van der Waals surface area (Å²) in [6, 6.07) is 12.8. The molecule has 0 bridgehead atoms. The molecule has 0 aliphatic heterocycles. The Hall–Kier alpha value is -3.20. The highest BCUT2D eigenvalue weighted by Gasteiger charge is 2.34. The van der Waals surface area contributed by atoms with Gasteiger partial charge >= 0.3 is 6.18 Å². The van der Waals surface area contributed by atoms with E-state index >= 15 is 0 Å². The van der Waals surface area contributed by atoms with Crippen molar-refractivity contribution in [3.05, 3.63) is 77.1 Å². The van der Waals surface area contributed by atoms with E-state index in [1.807, 2.05) is 24.3 Å². The van der Waals surface area contributed by atoms with Crippen LogP contribution < -0.4 is 5.32 Å². The number of aromatic nitrogens is 3. The molecule has 1 amide bonds. The minimum atomic E-state index is -4.54. The molecular formula is C22H24F3N5O. The van der Waals surface area contributed by atoms with Crippen LogP contribution in [0.15, 0.2) is 54.7 Å². The average Bonchev–Trinajstić information content (AvgIpc) is 3.26. The summed E-state index contributed by atoms with van der Waals surface area (Å²) in [6.45, 7) is 7.06. The van der Waals surface area contributed by atoms with Gasteiger partial charge in [0.05, 0.1) is 17.4 Å². The first-order chi connectivity index (χ1) is 14.8. The van der Waals surface area contributed by atoms with Crippen LogP contribution in [0.5, 0.6) is 0 Å². The summed E-state index contributed by atoms with van der Waals surface area (Å²) < 4.78 is 40.7. The van der Waals surface area contributed by atoms with Crippen molar-refractivity contribution in [2.75, 3.05) is 13.1 Å². The molecule has 0 atom stereocenters. The summed E-state index contributed by atoms with van der Waals surface area (Å²) in [5.41, 5.74) is 0.980. The Bertz CT molecular complexity index is 1030. The highest BCUT2D eigenvalue weighted by Crippen LogP contribution is 2.33. The Kier molecular flexibility index (Phi) is 7.06. The van der Waals surface area contributed by atoms with Gasteiger partial charge in [-0.25, -0.2) is 4.68 Å². The molecule has 6 nitrogen and oxygen atoms in total. The number of amides is 1. The van der Waals surface area contributed by atoms with E-state index in [1.54, 1.807) is 0 Å². The molecule has 3 rings (SSSR count). The fraction of sp³-hybridized carbons (Fsp3) is 0.318. The maximum atomic E-state index is 13.2. The zero-order valence-corrected chi connectivity index (χ0v) is 17.4. The van der Waals surface area contributed by atoms with E-state index in [2.05, 4.69) is 34.4 Å². The highest BCUT2D eigenvalue weighted by molar-refractivity contribution is 5.91. The Balaban J connectivity index is 1.73. The van der Waals surface area contributed by atoms with Crippen molar-refractivity contribution in [2.24, 2.45) is 0 Å². The SMILES string of the molecule is CCN(CC)Cc1ccccc1CNC(=O)c1cn(-c2ccccc2C(F)(F)F)nn1. The molecule has 1 aromatic heterocycles. The first-order valence-corrected chi connectivity index (χ1v) is 9.99. The van der Waals surface area contributed by atoms with Gasteiger partial charge in [0, 0.05) is 13.1 Å². The summed E-state index contributed by atoms with van der Waals surface area (Å²) in [5.74, 6) is -0.506. The molecule has 0 aliphatic rings. The van der Waals surface area contributed by atoms with Gasteiger partial charge in [-0.15, -0.1) is 5.10 Å². The van der Waals surface area contributed by atoms with Crippen LogP contribution in [0.2, 0.25) is 0 Å². The number of nitrogens with zero attached hydrogens (tertiary/aromatic N) is 4. The Labute approximate surface area is 178 Å². The fourth-order valence-corrected chi connectivity index (χ4v) is 3.24. The van der Waals surface area contributed by atoms with Crippen molar-refractivity contribution in [3.63, 3.8) is 0 Å². The summed E-state index contributed by atoms with van der Waals surface area (Å²) in [7, 11) is 0. The van der Waals surface area contributed by atoms with Crippen molar-refractivity contribution in [3.8, 4) is 5.69 Å². The molecule has 0 spiro atoms. The minimum absolute atomic E-state index is 0.0572. The molecule has 0 saturated heterocycles. The number of carbonyl (C=O) groups excluding carboxylic acids is 1. The molecule has 1 N–H and O–H groups in total. The van der Waals surface area contributed by atoms with Crippen LogP contribution in [-0.2, 0) is 19.3 Å². The molecule has 1 heterocycles. The van der Waals surface area contributed by atoms with E-state index in [1.165, 1.54) is 24.4 Å². The maximum absolute atomic E-state index is 13.2. The number of nitrogens with one attached hydrogen (secondary N) is 1. The van der Waals surface area contributed by atoms with Crippen LogP contribution in [0.25, 0.3) is 5.69 Å². The molecule has 9 heteroatoms. The number of halogens is 3. The van der Waals surface area contributed by atoms with E-state index in [0.29, 0.717) is 0 Å². The van der Waals surface area contributed by atoms with Crippen molar-refractivity contribution in [1.82, 2.24) is 25.2 Å². The number of hydrogen-bond acceptors (Lipinski definition) is 4. The standard InChI is InChI=1S/C22H24F3N5O/c1-3-29(4-2)14-17-10-6-5-9-16(17)13-26-21(31)19-15-30(28-27-19)20-12-8-7-11-18(20)22(23,24)25/h5-12,15H,3-4,13-14H2,1-2H3,(H,26,31). The van der Waals surface area contributed by atoms with Crippen LogP contribution in [0, 0.1) is 0 Å². The zero-order valence-electron chi connectivity index (χ0n) is 17.4. The quantitative estimate of drug-likeness (QED) is 0.584. The zero-order chi connectivity index (χ0) is 22.4. The first kappa shape index (κ1) is 22.5. The van der Waals surface area contributed by atoms with Crippen LogP contribution in [0.1, 0.15) is 41.0 Å². The van der Waals surface area contributed by atoms with Crippen LogP contribution in [-0.4, -0.2) is 38.9 Å². The second kappa shape index (κ2) is 9.74. The second-order valence-corrected chi connectivity index (χ2v) is 6.98. The lowest BCUT2D eigenvalue weighted by atomic mass is 10.1. The Morgan fingerprint density at radius 3 is 2.35 bits per heavy atom. The first-order valence-electron chi connectivity index (χ1n) is 9.99. The van der Waals surface area contributed by atoms with Crippen molar-refractivity contribution in [1.29, 1.82) is 0 Å². The molecule has 3 aromatic rings. The third-order valence-electron chi connectivity index (χ3n) is 5.03. The van der Waals surface area contributed by atoms with Gasteiger partial charge in [0.25, 0.3) is 5.91 Å². The summed E-state index contributed by atoms with van der Waals surface area (Å²) in [5, 5.41) is 10.2. The maximum Gasteiger partial charge on any atom is 0.418 e. The van der Waals surface area contributed by atoms with Gasteiger partial charge in [-0.3, -0.25) is 9.69 Å². The number of para-hydroxylation sites is 1. The van der Waals surface area contributed by atoms with E-state index in [4.69, 9.17) is 0 Å². The van der Waals surface area contributed by atoms with Gasteiger partial charge in [-0.2, -0.15) is 13.2 Å². The average molecular weight is 431 g/mol. The van der Waals surface area contributed by atoms with E-state index in [9.17, 15) is 18.0 Å². The molecule has 31 heavy (non-hydrogen) atoms. The fourth-order valence-electron chi connectivity index (χ4n) is 3.24. The normalized spacial score (nSPS) is 11.7. The largest absolute Gasteiger partial charge is 0.418 e. The molecule has 0 aliphatic carbocycles. The van der Waals surface area contributed by atoms with Crippen LogP contribution >= 0.6 is 0 Å². The van der Waals surface area contributed by atoms with Gasteiger partial charge in [-0.05, 0) is 36.3 Å². The van der Waals surface area contributed by atoms with E-state index in [0.717, 1.165) is 41.5 Å². The lowest BCUT2D eigenvalue weighted by Gasteiger charge is -2.20. The van der Waals surface area contributed by atoms with Gasteiger partial charge in [-0.1, -0.05) is 55.5 Å². The molecule has 0 saturated carbocycles. The van der Waals surface area contributed by atoms with E-state index in [-0.39, 0.29) is 17.9 Å². The van der Waals surface area contributed by atoms with Crippen molar-refractivity contribution in [2.45, 2.75) is 33.1 Å². The second-order valence-electron chi connectivity index (χ2n) is 6.98. The Morgan fingerprint density at radius 1 is 1.03 bits per heavy atom. The van der Waals surface area contributed by atoms with Crippen molar-refractivity contribution < 1.29 is 18.0 Å². The lowest BCUT2D eigenvalue weighted by molar-refractivity contribution is -0.137. The number of benzene rings is 2. The molecule has 2 aromatic carbocycles. The monoisotopic (exact) mass is 431 g/mol. The molecule has 0 radical (unpaired) electrons. The third kappa shape index (κ3) is 5.49. The highest BCUT2D eigenvalue weighted by atomic mass is 19.4. The number of rotatable bonds is 8. The molecular weight excluding hydrogens is 407 g/mol. The van der Waals surface area contributed by atoms with E-state index < -0.39 is 17.6 Å². The summed E-state index contributed by atoms with van der Waals surface area (Å²) in [4.78, 5) is 14.8. The van der Waals surface area contributed by atoms with Gasteiger partial charge < -0.3 is 5.32 Å². The smallest absolute Gasteiger partial charge is 0.347 e. The van der Waals surface area contributed by atoms with Gasteiger partial charge in [0.15, 0.2) is 5.69 Å². The van der Waals surface area contributed by atoms with Crippen molar-refractivity contribution >= 4 is 5.91 Å². The Morgan fingerprint density at radius 2 is 1.68 bits per heavy atom. The molecule has 0 unspecified atom stereocenters. The summed E-state index contributed by atoms with van der Waals surface area (Å²) >= 11 is 0. The lowest BCUT2D eigenvalue weighted by Crippen LogP contribution is -2.26. The number of carbonyl (C=O) groups is 1. The summed E-state index contributed by atoms with van der Waals surface area (Å²) in [6.07, 6.45) is -3.35. The number of hydrogen-bond donors (Lipinski definition) is 1. The molecule has 0 fully saturated rings. The predicted octanol–water partition coefficient (Wildman–Crippen LogP) is 4.06. The van der Waals surface area contributed by atoms with Gasteiger partial charge in [0.2, 0.25) is 0 Å². The topological polar surface area (TPSA) is 63.1 Å². The third-order valence-corrected chi connectivity index (χ3v) is 5.03. The van der Waals surface area contributed by atoms with Gasteiger partial charge in [0.1, 0.15) is 0 Å². The minimum Gasteiger partial charge on any atom is -0.347 e. The number of alkyl halides is 3. The molecule has 164 valence electrons. The van der Waals surface area contributed by atoms with Crippen LogP contribution in [0.3, 0.4) is 0 Å². The predicted molar refractivity (Wildman–Crippen MR) is 111 cm³/mol.